The Kier molecular flexibility index (Phi) is 5.86. The number of halogens is 1. The van der Waals surface area contributed by atoms with Crippen LogP contribution in [0, 0.1) is 0 Å². The highest BCUT2D eigenvalue weighted by atomic mass is 35.5. The topological polar surface area (TPSA) is 67.2 Å². The molecule has 1 N–H and O–H groups in total. The van der Waals surface area contributed by atoms with Crippen LogP contribution in [-0.4, -0.2) is 45.6 Å². The summed E-state index contributed by atoms with van der Waals surface area (Å²) in [7, 11) is 0. The van der Waals surface area contributed by atoms with Crippen molar-refractivity contribution in [1.82, 2.24) is 20.0 Å². The van der Waals surface area contributed by atoms with Crippen LogP contribution in [-0.2, 0) is 4.79 Å². The number of piperidine rings is 1. The van der Waals surface area contributed by atoms with Gasteiger partial charge in [0, 0.05) is 42.8 Å². The molecule has 0 unspecified atom stereocenters. The van der Waals surface area contributed by atoms with Crippen LogP contribution in [0.2, 0.25) is 5.02 Å². The zero-order valence-corrected chi connectivity index (χ0v) is 17.5. The summed E-state index contributed by atoms with van der Waals surface area (Å²) in [5.41, 5.74) is 2.91. The maximum absolute atomic E-state index is 13.4. The molecule has 1 aromatic heterocycles. The van der Waals surface area contributed by atoms with Crippen molar-refractivity contribution in [1.29, 1.82) is 0 Å². The summed E-state index contributed by atoms with van der Waals surface area (Å²) in [6.07, 6.45) is 3.28. The van der Waals surface area contributed by atoms with E-state index < -0.39 is 0 Å². The molecule has 1 aliphatic rings. The lowest BCUT2D eigenvalue weighted by Gasteiger charge is -2.32. The van der Waals surface area contributed by atoms with Crippen LogP contribution in [0.25, 0.3) is 16.9 Å². The van der Waals surface area contributed by atoms with Gasteiger partial charge in [0.2, 0.25) is 5.91 Å². The van der Waals surface area contributed by atoms with E-state index in [4.69, 9.17) is 16.7 Å². The second-order valence-electron chi connectivity index (χ2n) is 7.45. The summed E-state index contributed by atoms with van der Waals surface area (Å²) in [6.45, 7) is 2.72. The number of nitrogens with one attached hydrogen (secondary N) is 1. The molecule has 0 atom stereocenters. The van der Waals surface area contributed by atoms with Crippen LogP contribution in [0.15, 0.2) is 60.8 Å². The second kappa shape index (κ2) is 8.71. The minimum Gasteiger partial charge on any atom is -0.353 e. The average molecular weight is 423 g/mol. The molecule has 0 saturated carbocycles. The Balaban J connectivity index is 1.64. The SMILES string of the molecule is CC(=O)NC1CCN(C(=O)c2cn(-c3ccccc3)nc2-c2ccc(Cl)cc2)CC1. The van der Waals surface area contributed by atoms with Crippen LogP contribution >= 0.6 is 11.6 Å². The van der Waals surface area contributed by atoms with Crippen molar-refractivity contribution in [3.8, 4) is 16.9 Å². The molecule has 7 heteroatoms. The van der Waals surface area contributed by atoms with E-state index in [0.717, 1.165) is 24.1 Å². The van der Waals surface area contributed by atoms with Gasteiger partial charge in [0.1, 0.15) is 5.69 Å². The van der Waals surface area contributed by atoms with Crippen molar-refractivity contribution in [3.05, 3.63) is 71.4 Å². The van der Waals surface area contributed by atoms with Gasteiger partial charge < -0.3 is 10.2 Å². The second-order valence-corrected chi connectivity index (χ2v) is 7.88. The number of para-hydroxylation sites is 1. The number of hydrogen-bond acceptors (Lipinski definition) is 3. The number of amides is 2. The van der Waals surface area contributed by atoms with Gasteiger partial charge in [-0.25, -0.2) is 4.68 Å². The number of nitrogens with zero attached hydrogens (tertiary/aromatic N) is 3. The quantitative estimate of drug-likeness (QED) is 0.692. The van der Waals surface area contributed by atoms with E-state index in [1.807, 2.05) is 47.4 Å². The van der Waals surface area contributed by atoms with E-state index in [0.29, 0.717) is 29.4 Å². The molecule has 0 bridgehead atoms. The lowest BCUT2D eigenvalue weighted by Crippen LogP contribution is -2.46. The largest absolute Gasteiger partial charge is 0.353 e. The van der Waals surface area contributed by atoms with Crippen LogP contribution in [0.1, 0.15) is 30.1 Å². The van der Waals surface area contributed by atoms with E-state index in [-0.39, 0.29) is 17.9 Å². The van der Waals surface area contributed by atoms with Crippen molar-refractivity contribution >= 4 is 23.4 Å². The zero-order chi connectivity index (χ0) is 21.1. The number of hydrogen-bond donors (Lipinski definition) is 1. The molecule has 1 fully saturated rings. The number of rotatable bonds is 4. The van der Waals surface area contributed by atoms with Gasteiger partial charge in [-0.05, 0) is 37.1 Å². The Labute approximate surface area is 180 Å². The van der Waals surface area contributed by atoms with Gasteiger partial charge in [-0.15, -0.1) is 0 Å². The number of carbonyl (C=O) groups is 2. The van der Waals surface area contributed by atoms with Crippen LogP contribution < -0.4 is 5.32 Å². The molecule has 2 aromatic carbocycles. The summed E-state index contributed by atoms with van der Waals surface area (Å²) in [5, 5.41) is 8.30. The Morgan fingerprint density at radius 1 is 1.03 bits per heavy atom. The predicted molar refractivity (Wildman–Crippen MR) is 117 cm³/mol. The van der Waals surface area contributed by atoms with Gasteiger partial charge in [0.25, 0.3) is 5.91 Å². The first-order valence-electron chi connectivity index (χ1n) is 9.98. The summed E-state index contributed by atoms with van der Waals surface area (Å²) in [4.78, 5) is 26.5. The number of carbonyl (C=O) groups excluding carboxylic acids is 2. The zero-order valence-electron chi connectivity index (χ0n) is 16.7. The minimum absolute atomic E-state index is 0.0334. The van der Waals surface area contributed by atoms with E-state index in [1.54, 1.807) is 23.0 Å². The normalized spacial score (nSPS) is 14.5. The molecule has 0 aliphatic carbocycles. The average Bonchev–Trinajstić information content (AvgIpc) is 3.20. The lowest BCUT2D eigenvalue weighted by atomic mass is 10.0. The Bertz CT molecular complexity index is 1040. The van der Waals surface area contributed by atoms with Crippen molar-refractivity contribution in [2.75, 3.05) is 13.1 Å². The van der Waals surface area contributed by atoms with Crippen molar-refractivity contribution in [3.63, 3.8) is 0 Å². The number of likely N-dealkylation sites (tertiary alicyclic amines) is 1. The Morgan fingerprint density at radius 2 is 1.70 bits per heavy atom. The van der Waals surface area contributed by atoms with Gasteiger partial charge >= 0.3 is 0 Å². The monoisotopic (exact) mass is 422 g/mol. The fourth-order valence-electron chi connectivity index (χ4n) is 3.75. The van der Waals surface area contributed by atoms with Gasteiger partial charge in [0.15, 0.2) is 0 Å². The van der Waals surface area contributed by atoms with Crippen molar-refractivity contribution in [2.24, 2.45) is 0 Å². The molecule has 2 amide bonds. The first-order chi connectivity index (χ1) is 14.5. The first kappa shape index (κ1) is 20.2. The van der Waals surface area contributed by atoms with Gasteiger partial charge in [-0.3, -0.25) is 9.59 Å². The van der Waals surface area contributed by atoms with Gasteiger partial charge in [-0.2, -0.15) is 5.10 Å². The standard InChI is InChI=1S/C23H23ClN4O2/c1-16(29)25-19-11-13-27(14-12-19)23(30)21-15-28(20-5-3-2-4-6-20)26-22(21)17-7-9-18(24)10-8-17/h2-10,15,19H,11-14H2,1H3,(H,25,29). The van der Waals surface area contributed by atoms with Gasteiger partial charge in [0.05, 0.1) is 11.3 Å². The fourth-order valence-corrected chi connectivity index (χ4v) is 3.88. The lowest BCUT2D eigenvalue weighted by molar-refractivity contribution is -0.119. The van der Waals surface area contributed by atoms with Crippen molar-refractivity contribution in [2.45, 2.75) is 25.8 Å². The van der Waals surface area contributed by atoms with E-state index >= 15 is 0 Å². The smallest absolute Gasteiger partial charge is 0.257 e. The molecule has 2 heterocycles. The Morgan fingerprint density at radius 3 is 2.33 bits per heavy atom. The van der Waals surface area contributed by atoms with Crippen LogP contribution in [0.3, 0.4) is 0 Å². The fraction of sp³-hybridized carbons (Fsp3) is 0.261. The molecule has 4 rings (SSSR count). The molecule has 154 valence electrons. The highest BCUT2D eigenvalue weighted by Gasteiger charge is 2.27. The third-order valence-corrected chi connectivity index (χ3v) is 5.52. The van der Waals surface area contributed by atoms with Crippen molar-refractivity contribution < 1.29 is 9.59 Å². The third kappa shape index (κ3) is 4.39. The molecule has 0 spiro atoms. The number of benzene rings is 2. The maximum atomic E-state index is 13.4. The van der Waals surface area contributed by atoms with E-state index in [1.165, 1.54) is 6.92 Å². The summed E-state index contributed by atoms with van der Waals surface area (Å²) in [6, 6.07) is 17.2. The molecule has 6 nitrogen and oxygen atoms in total. The Hall–Kier alpha value is -3.12. The van der Waals surface area contributed by atoms with Crippen LogP contribution in [0.4, 0.5) is 0 Å². The van der Waals surface area contributed by atoms with Crippen LogP contribution in [0.5, 0.6) is 0 Å². The molecule has 1 aliphatic heterocycles. The number of aromatic nitrogens is 2. The maximum Gasteiger partial charge on any atom is 0.257 e. The van der Waals surface area contributed by atoms with E-state index in [9.17, 15) is 9.59 Å². The summed E-state index contributed by atoms with van der Waals surface area (Å²) in [5.74, 6) is -0.0858. The summed E-state index contributed by atoms with van der Waals surface area (Å²) >= 11 is 6.04. The first-order valence-corrected chi connectivity index (χ1v) is 10.4. The highest BCUT2D eigenvalue weighted by Crippen LogP contribution is 2.27. The molecule has 1 saturated heterocycles. The van der Waals surface area contributed by atoms with E-state index in [2.05, 4.69) is 5.32 Å². The summed E-state index contributed by atoms with van der Waals surface area (Å²) < 4.78 is 1.74. The molecule has 3 aromatic rings. The molecular formula is C23H23ClN4O2. The van der Waals surface area contributed by atoms with Gasteiger partial charge in [-0.1, -0.05) is 41.9 Å². The molecule has 30 heavy (non-hydrogen) atoms. The molecular weight excluding hydrogens is 400 g/mol. The predicted octanol–water partition coefficient (Wildman–Crippen LogP) is 3.93. The minimum atomic E-state index is -0.0524. The molecule has 0 radical (unpaired) electrons. The third-order valence-electron chi connectivity index (χ3n) is 5.27. The highest BCUT2D eigenvalue weighted by molar-refractivity contribution is 6.30.